The summed E-state index contributed by atoms with van der Waals surface area (Å²) in [4.78, 5) is 21.9. The van der Waals surface area contributed by atoms with Crippen LogP contribution in [0.3, 0.4) is 0 Å². The third-order valence-corrected chi connectivity index (χ3v) is 3.75. The molecule has 2 aromatic heterocycles. The van der Waals surface area contributed by atoms with E-state index in [-0.39, 0.29) is 6.04 Å². The molecule has 1 aliphatic rings. The molecule has 0 radical (unpaired) electrons. The highest BCUT2D eigenvalue weighted by atomic mass is 15.2. The summed E-state index contributed by atoms with van der Waals surface area (Å²) in [6.07, 6.45) is 7.46. The van der Waals surface area contributed by atoms with Crippen LogP contribution in [0.2, 0.25) is 0 Å². The normalized spacial score (nSPS) is 18.0. The Morgan fingerprint density at radius 1 is 1.19 bits per heavy atom. The molecule has 1 atom stereocenters. The summed E-state index contributed by atoms with van der Waals surface area (Å²) < 4.78 is 0. The van der Waals surface area contributed by atoms with Gasteiger partial charge >= 0.3 is 0 Å². The molecule has 0 unspecified atom stereocenters. The molecule has 3 rings (SSSR count). The minimum atomic E-state index is 0.203. The van der Waals surface area contributed by atoms with Gasteiger partial charge in [0.25, 0.3) is 0 Å². The lowest BCUT2D eigenvalue weighted by molar-refractivity contribution is 0.659. The molecule has 0 aromatic carbocycles. The van der Waals surface area contributed by atoms with E-state index < -0.39 is 0 Å². The quantitative estimate of drug-likeness (QED) is 0.859. The van der Waals surface area contributed by atoms with Gasteiger partial charge < -0.3 is 9.80 Å². The molecular weight excluding hydrogens is 264 g/mol. The van der Waals surface area contributed by atoms with Crippen molar-refractivity contribution in [1.82, 2.24) is 19.9 Å². The van der Waals surface area contributed by atoms with Crippen molar-refractivity contribution in [2.45, 2.75) is 25.8 Å². The molecule has 21 heavy (non-hydrogen) atoms. The number of rotatable bonds is 3. The van der Waals surface area contributed by atoms with Gasteiger partial charge in [0.15, 0.2) is 5.82 Å². The van der Waals surface area contributed by atoms with Gasteiger partial charge in [-0.2, -0.15) is 0 Å². The summed E-state index contributed by atoms with van der Waals surface area (Å²) in [7, 11) is 4.01. The van der Waals surface area contributed by atoms with Gasteiger partial charge in [-0.1, -0.05) is 0 Å². The molecule has 6 heteroatoms. The summed E-state index contributed by atoms with van der Waals surface area (Å²) in [5.74, 6) is 1.84. The third-order valence-electron chi connectivity index (χ3n) is 3.75. The lowest BCUT2D eigenvalue weighted by Crippen LogP contribution is -2.25. The molecule has 0 amide bonds. The minimum Gasteiger partial charge on any atom is -0.363 e. The first-order valence-electron chi connectivity index (χ1n) is 7.19. The Hall–Kier alpha value is -2.24. The Bertz CT molecular complexity index is 613. The van der Waals surface area contributed by atoms with Crippen LogP contribution in [0, 0.1) is 6.92 Å². The van der Waals surface area contributed by atoms with Gasteiger partial charge in [0.1, 0.15) is 12.1 Å². The van der Waals surface area contributed by atoms with Crippen LogP contribution in [0.5, 0.6) is 0 Å². The van der Waals surface area contributed by atoms with Crippen LogP contribution >= 0.6 is 0 Å². The summed E-state index contributed by atoms with van der Waals surface area (Å²) >= 11 is 0. The van der Waals surface area contributed by atoms with Crippen molar-refractivity contribution >= 4 is 11.5 Å². The van der Waals surface area contributed by atoms with Crippen LogP contribution < -0.4 is 9.80 Å². The van der Waals surface area contributed by atoms with Gasteiger partial charge in [-0.25, -0.2) is 19.9 Å². The van der Waals surface area contributed by atoms with E-state index in [0.29, 0.717) is 0 Å². The van der Waals surface area contributed by atoms with E-state index in [1.54, 1.807) is 6.33 Å². The molecule has 1 fully saturated rings. The Morgan fingerprint density at radius 2 is 1.95 bits per heavy atom. The van der Waals surface area contributed by atoms with E-state index in [1.807, 2.05) is 44.4 Å². The smallest absolute Gasteiger partial charge is 0.153 e. The Kier molecular flexibility index (Phi) is 3.68. The zero-order valence-corrected chi connectivity index (χ0v) is 12.7. The standard InChI is InChI=1S/C15H20N6/c1-11-7-14(20(2)3)19-15(18-11)13-5-4-6-21(13)12-8-16-10-17-9-12/h7-10,13H,4-6H2,1-3H3/t13-/m1/s1. The first-order valence-corrected chi connectivity index (χ1v) is 7.19. The second kappa shape index (κ2) is 5.63. The Labute approximate surface area is 124 Å². The molecule has 0 N–H and O–H groups in total. The SMILES string of the molecule is Cc1cc(N(C)C)nc([C@H]2CCCN2c2cncnc2)n1. The number of hydrogen-bond donors (Lipinski definition) is 0. The predicted molar refractivity (Wildman–Crippen MR) is 82.4 cm³/mol. The summed E-state index contributed by atoms with van der Waals surface area (Å²) in [6.45, 7) is 3.01. The average molecular weight is 284 g/mol. The largest absolute Gasteiger partial charge is 0.363 e. The molecule has 6 nitrogen and oxygen atoms in total. The lowest BCUT2D eigenvalue weighted by Gasteiger charge is -2.26. The summed E-state index contributed by atoms with van der Waals surface area (Å²) in [6, 6.07) is 2.21. The zero-order valence-electron chi connectivity index (χ0n) is 12.7. The van der Waals surface area contributed by atoms with E-state index in [4.69, 9.17) is 4.98 Å². The molecule has 2 aromatic rings. The fraction of sp³-hybridized carbons (Fsp3) is 0.467. The molecule has 1 saturated heterocycles. The maximum atomic E-state index is 4.72. The molecule has 110 valence electrons. The molecule has 0 spiro atoms. The van der Waals surface area contributed by atoms with Crippen molar-refractivity contribution in [2.24, 2.45) is 0 Å². The molecule has 0 aliphatic carbocycles. The summed E-state index contributed by atoms with van der Waals surface area (Å²) in [5, 5.41) is 0. The maximum Gasteiger partial charge on any atom is 0.153 e. The molecule has 0 saturated carbocycles. The van der Waals surface area contributed by atoms with Crippen LogP contribution in [0.4, 0.5) is 11.5 Å². The van der Waals surface area contributed by atoms with Crippen LogP contribution in [0.1, 0.15) is 30.4 Å². The number of hydrogen-bond acceptors (Lipinski definition) is 6. The second-order valence-corrected chi connectivity index (χ2v) is 5.57. The van der Waals surface area contributed by atoms with Crippen LogP contribution in [0.25, 0.3) is 0 Å². The topological polar surface area (TPSA) is 58.0 Å². The third kappa shape index (κ3) is 2.79. The molecular formula is C15H20N6. The van der Waals surface area contributed by atoms with Crippen molar-refractivity contribution in [3.63, 3.8) is 0 Å². The van der Waals surface area contributed by atoms with E-state index in [9.17, 15) is 0 Å². The van der Waals surface area contributed by atoms with Crippen molar-refractivity contribution < 1.29 is 0 Å². The first kappa shape index (κ1) is 13.7. The highest BCUT2D eigenvalue weighted by molar-refractivity contribution is 5.46. The fourth-order valence-electron chi connectivity index (χ4n) is 2.74. The van der Waals surface area contributed by atoms with Crippen molar-refractivity contribution in [3.05, 3.63) is 36.3 Å². The molecule has 1 aliphatic heterocycles. The lowest BCUT2D eigenvalue weighted by atomic mass is 10.2. The van der Waals surface area contributed by atoms with E-state index >= 15 is 0 Å². The highest BCUT2D eigenvalue weighted by Gasteiger charge is 2.29. The van der Waals surface area contributed by atoms with Gasteiger partial charge in [0.2, 0.25) is 0 Å². The number of aromatic nitrogens is 4. The van der Waals surface area contributed by atoms with Gasteiger partial charge in [-0.15, -0.1) is 0 Å². The maximum absolute atomic E-state index is 4.72. The Morgan fingerprint density at radius 3 is 2.67 bits per heavy atom. The zero-order chi connectivity index (χ0) is 14.8. The van der Waals surface area contributed by atoms with Crippen molar-refractivity contribution in [2.75, 3.05) is 30.4 Å². The fourth-order valence-corrected chi connectivity index (χ4v) is 2.74. The summed E-state index contributed by atoms with van der Waals surface area (Å²) in [5.41, 5.74) is 2.04. The van der Waals surface area contributed by atoms with Crippen LogP contribution in [-0.2, 0) is 0 Å². The monoisotopic (exact) mass is 284 g/mol. The Balaban J connectivity index is 1.95. The van der Waals surface area contributed by atoms with Gasteiger partial charge in [-0.05, 0) is 19.8 Å². The van der Waals surface area contributed by atoms with E-state index in [0.717, 1.165) is 42.4 Å². The van der Waals surface area contributed by atoms with Crippen LogP contribution in [-0.4, -0.2) is 40.6 Å². The predicted octanol–water partition coefficient (Wildman–Crippen LogP) is 1.98. The van der Waals surface area contributed by atoms with E-state index in [2.05, 4.69) is 19.9 Å². The molecule has 3 heterocycles. The number of anilines is 2. The average Bonchev–Trinajstić information content (AvgIpc) is 2.97. The highest BCUT2D eigenvalue weighted by Crippen LogP contribution is 2.34. The number of aryl methyl sites for hydroxylation is 1. The second-order valence-electron chi connectivity index (χ2n) is 5.57. The van der Waals surface area contributed by atoms with E-state index in [1.165, 1.54) is 0 Å². The first-order chi connectivity index (χ1) is 10.1. The molecule has 0 bridgehead atoms. The van der Waals surface area contributed by atoms with Gasteiger partial charge in [0.05, 0.1) is 24.1 Å². The van der Waals surface area contributed by atoms with Crippen molar-refractivity contribution in [1.29, 1.82) is 0 Å². The van der Waals surface area contributed by atoms with Gasteiger partial charge in [-0.3, -0.25) is 0 Å². The van der Waals surface area contributed by atoms with Crippen molar-refractivity contribution in [3.8, 4) is 0 Å². The van der Waals surface area contributed by atoms with Gasteiger partial charge in [0, 0.05) is 32.4 Å². The number of nitrogens with zero attached hydrogens (tertiary/aromatic N) is 6. The minimum absolute atomic E-state index is 0.203. The van der Waals surface area contributed by atoms with Crippen LogP contribution in [0.15, 0.2) is 24.8 Å².